The van der Waals surface area contributed by atoms with E-state index in [4.69, 9.17) is 4.98 Å². The molecule has 1 aliphatic rings. The van der Waals surface area contributed by atoms with Crippen LogP contribution < -0.4 is 0 Å². The minimum absolute atomic E-state index is 0.425. The summed E-state index contributed by atoms with van der Waals surface area (Å²) in [5.41, 5.74) is 16.3. The highest BCUT2D eigenvalue weighted by Crippen LogP contribution is 2.56. The standard InChI is InChI=1S/C50H32N4/c1-3-15-33(16-4-1)50(34-17-5-2-6-18-34)41-21-9-7-19-37(41)39-31-35(27-29-42(39)50)52-44-23-11-8-20-38(44)40-32-36(28-30-45(40)52)53-47-25-13-14-26-48(47)54-46-24-12-10-22-43(46)51-49(53)54/h1-32H. The van der Waals surface area contributed by atoms with Crippen molar-refractivity contribution in [2.75, 3.05) is 0 Å². The topological polar surface area (TPSA) is 27.2 Å². The molecule has 0 aliphatic heterocycles. The lowest BCUT2D eigenvalue weighted by molar-refractivity contribution is 0.768. The fourth-order valence-electron chi connectivity index (χ4n) is 9.56. The molecule has 0 atom stereocenters. The largest absolute Gasteiger partial charge is 0.309 e. The van der Waals surface area contributed by atoms with Crippen molar-refractivity contribution in [1.82, 2.24) is 18.5 Å². The number of imidazole rings is 2. The van der Waals surface area contributed by atoms with Crippen molar-refractivity contribution >= 4 is 49.7 Å². The molecule has 3 heterocycles. The molecule has 3 aromatic heterocycles. The van der Waals surface area contributed by atoms with Crippen molar-refractivity contribution in [3.63, 3.8) is 0 Å². The lowest BCUT2D eigenvalue weighted by Crippen LogP contribution is -2.28. The summed E-state index contributed by atoms with van der Waals surface area (Å²) in [7, 11) is 0. The van der Waals surface area contributed by atoms with E-state index >= 15 is 0 Å². The molecule has 12 rings (SSSR count). The van der Waals surface area contributed by atoms with E-state index in [-0.39, 0.29) is 0 Å². The van der Waals surface area contributed by atoms with Gasteiger partial charge in [-0.3, -0.25) is 8.97 Å². The van der Waals surface area contributed by atoms with Crippen LogP contribution in [-0.4, -0.2) is 18.5 Å². The minimum Gasteiger partial charge on any atom is -0.309 e. The first-order valence-electron chi connectivity index (χ1n) is 18.6. The van der Waals surface area contributed by atoms with Crippen LogP contribution in [0.3, 0.4) is 0 Å². The maximum atomic E-state index is 5.15. The number of hydrogen-bond donors (Lipinski definition) is 0. The van der Waals surface area contributed by atoms with E-state index in [2.05, 4.69) is 208 Å². The molecule has 0 fully saturated rings. The van der Waals surface area contributed by atoms with Crippen LogP contribution in [0.2, 0.25) is 0 Å². The van der Waals surface area contributed by atoms with Crippen molar-refractivity contribution in [3.05, 3.63) is 216 Å². The predicted molar refractivity (Wildman–Crippen MR) is 221 cm³/mol. The van der Waals surface area contributed by atoms with Gasteiger partial charge in [-0.25, -0.2) is 4.98 Å². The van der Waals surface area contributed by atoms with E-state index in [1.54, 1.807) is 0 Å². The Bertz CT molecular complexity index is 3230. The lowest BCUT2D eigenvalue weighted by atomic mass is 9.68. The van der Waals surface area contributed by atoms with E-state index in [1.807, 2.05) is 0 Å². The molecule has 0 bridgehead atoms. The maximum absolute atomic E-state index is 5.15. The molecule has 8 aromatic carbocycles. The first-order chi connectivity index (χ1) is 26.8. The summed E-state index contributed by atoms with van der Waals surface area (Å²) in [6, 6.07) is 70.8. The summed E-state index contributed by atoms with van der Waals surface area (Å²) >= 11 is 0. The molecule has 0 spiro atoms. The van der Waals surface area contributed by atoms with Gasteiger partial charge < -0.3 is 4.57 Å². The first-order valence-corrected chi connectivity index (χ1v) is 18.6. The SMILES string of the molecule is c1ccc(C2(c3ccccc3)c3ccccc3-c3cc(-n4c5ccccc5c5cc(-n6c7ccccc7n7c8ccccc8nc67)ccc54)ccc32)cc1. The molecule has 11 aromatic rings. The average Bonchev–Trinajstić information content (AvgIpc) is 3.96. The van der Waals surface area contributed by atoms with Crippen LogP contribution in [0.5, 0.6) is 0 Å². The van der Waals surface area contributed by atoms with Gasteiger partial charge in [-0.1, -0.05) is 133 Å². The van der Waals surface area contributed by atoms with E-state index in [0.717, 1.165) is 39.2 Å². The van der Waals surface area contributed by atoms with Gasteiger partial charge in [0, 0.05) is 22.1 Å². The summed E-state index contributed by atoms with van der Waals surface area (Å²) in [6.45, 7) is 0. The zero-order valence-electron chi connectivity index (χ0n) is 29.3. The Morgan fingerprint density at radius 1 is 0.370 bits per heavy atom. The van der Waals surface area contributed by atoms with Crippen LogP contribution in [0.4, 0.5) is 0 Å². The summed E-state index contributed by atoms with van der Waals surface area (Å²) in [6.07, 6.45) is 0. The van der Waals surface area contributed by atoms with Crippen LogP contribution in [0.15, 0.2) is 194 Å². The Kier molecular flexibility index (Phi) is 5.95. The molecule has 0 N–H and O–H groups in total. The summed E-state index contributed by atoms with van der Waals surface area (Å²) in [5.74, 6) is 0.915. The van der Waals surface area contributed by atoms with Crippen molar-refractivity contribution < 1.29 is 0 Å². The lowest BCUT2D eigenvalue weighted by Gasteiger charge is -2.33. The first kappa shape index (κ1) is 29.4. The van der Waals surface area contributed by atoms with Crippen molar-refractivity contribution in [3.8, 4) is 22.5 Å². The summed E-state index contributed by atoms with van der Waals surface area (Å²) in [4.78, 5) is 5.15. The third-order valence-electron chi connectivity index (χ3n) is 11.7. The number of hydrogen-bond acceptors (Lipinski definition) is 1. The van der Waals surface area contributed by atoms with Gasteiger partial charge in [0.05, 0.1) is 38.5 Å². The molecule has 4 heteroatoms. The Hall–Kier alpha value is -7.17. The van der Waals surface area contributed by atoms with Gasteiger partial charge in [0.25, 0.3) is 0 Å². The summed E-state index contributed by atoms with van der Waals surface area (Å²) < 4.78 is 7.03. The zero-order valence-corrected chi connectivity index (χ0v) is 29.3. The third-order valence-corrected chi connectivity index (χ3v) is 11.7. The zero-order chi connectivity index (χ0) is 35.4. The molecule has 0 unspecified atom stereocenters. The van der Waals surface area contributed by atoms with Crippen LogP contribution in [-0.2, 0) is 5.41 Å². The Labute approximate surface area is 311 Å². The van der Waals surface area contributed by atoms with Crippen molar-refractivity contribution in [1.29, 1.82) is 0 Å². The van der Waals surface area contributed by atoms with Gasteiger partial charge in [0.15, 0.2) is 0 Å². The van der Waals surface area contributed by atoms with E-state index in [1.165, 1.54) is 55.2 Å². The second-order valence-electron chi connectivity index (χ2n) is 14.4. The molecular weight excluding hydrogens is 657 g/mol. The molecule has 0 radical (unpaired) electrons. The minimum atomic E-state index is -0.425. The quantitative estimate of drug-likeness (QED) is 0.181. The second kappa shape index (κ2) is 10.9. The fourth-order valence-corrected chi connectivity index (χ4v) is 9.56. The number of benzene rings is 8. The molecular formula is C50H32N4. The molecule has 54 heavy (non-hydrogen) atoms. The van der Waals surface area contributed by atoms with Crippen molar-refractivity contribution in [2.45, 2.75) is 5.41 Å². The third kappa shape index (κ3) is 3.79. The highest BCUT2D eigenvalue weighted by molar-refractivity contribution is 6.10. The average molecular weight is 689 g/mol. The maximum Gasteiger partial charge on any atom is 0.220 e. The number of rotatable bonds is 4. The van der Waals surface area contributed by atoms with Gasteiger partial charge in [-0.15, -0.1) is 0 Å². The second-order valence-corrected chi connectivity index (χ2v) is 14.4. The van der Waals surface area contributed by atoms with Gasteiger partial charge in [-0.05, 0) is 94.0 Å². The molecule has 0 saturated heterocycles. The van der Waals surface area contributed by atoms with Crippen LogP contribution in [0.1, 0.15) is 22.3 Å². The van der Waals surface area contributed by atoms with Crippen molar-refractivity contribution in [2.24, 2.45) is 0 Å². The Morgan fingerprint density at radius 2 is 0.944 bits per heavy atom. The van der Waals surface area contributed by atoms with E-state index < -0.39 is 5.41 Å². The highest BCUT2D eigenvalue weighted by atomic mass is 15.2. The number of nitrogens with zero attached hydrogens (tertiary/aromatic N) is 4. The molecule has 1 aliphatic carbocycles. The van der Waals surface area contributed by atoms with E-state index in [9.17, 15) is 0 Å². The Balaban J connectivity index is 1.10. The Morgan fingerprint density at radius 3 is 1.74 bits per heavy atom. The van der Waals surface area contributed by atoms with Gasteiger partial charge in [0.1, 0.15) is 0 Å². The van der Waals surface area contributed by atoms with E-state index in [0.29, 0.717) is 0 Å². The monoisotopic (exact) mass is 688 g/mol. The fraction of sp³-hybridized carbons (Fsp3) is 0.0200. The van der Waals surface area contributed by atoms with Crippen LogP contribution in [0, 0.1) is 0 Å². The van der Waals surface area contributed by atoms with Gasteiger partial charge >= 0.3 is 0 Å². The highest BCUT2D eigenvalue weighted by Gasteiger charge is 2.46. The van der Waals surface area contributed by atoms with Crippen LogP contribution in [0.25, 0.3) is 72.2 Å². The number of aromatic nitrogens is 4. The normalized spacial score (nSPS) is 13.3. The predicted octanol–water partition coefficient (Wildman–Crippen LogP) is 11.9. The summed E-state index contributed by atoms with van der Waals surface area (Å²) in [5, 5.41) is 2.43. The smallest absolute Gasteiger partial charge is 0.220 e. The van der Waals surface area contributed by atoms with Gasteiger partial charge in [0.2, 0.25) is 5.78 Å². The molecule has 252 valence electrons. The molecule has 4 nitrogen and oxygen atoms in total. The number of fused-ring (bicyclic) bond motifs is 11. The van der Waals surface area contributed by atoms with Crippen LogP contribution >= 0.6 is 0 Å². The molecule has 0 saturated carbocycles. The van der Waals surface area contributed by atoms with Gasteiger partial charge in [-0.2, -0.15) is 0 Å². The molecule has 0 amide bonds. The number of para-hydroxylation sites is 5.